The minimum atomic E-state index is 0.639. The summed E-state index contributed by atoms with van der Waals surface area (Å²) in [4.78, 5) is 29.1. The Morgan fingerprint density at radius 2 is 1.12 bits per heavy atom. The van der Waals surface area contributed by atoms with Crippen molar-refractivity contribution in [2.45, 2.75) is 13.8 Å². The second-order valence-corrected chi connectivity index (χ2v) is 4.81. The molecule has 0 saturated carbocycles. The molecule has 0 amide bonds. The van der Waals surface area contributed by atoms with Gasteiger partial charge in [-0.25, -0.2) is 0 Å². The van der Waals surface area contributed by atoms with E-state index in [4.69, 9.17) is 4.79 Å². The van der Waals surface area contributed by atoms with Crippen LogP contribution in [0.15, 0.2) is 67.3 Å². The van der Waals surface area contributed by atoms with E-state index in [1.807, 2.05) is 62.4 Å². The average molecular weight is 322 g/mol. The molecule has 0 aromatic heterocycles. The monoisotopic (exact) mass is 322 g/mol. The number of rotatable bonds is 4. The van der Waals surface area contributed by atoms with Gasteiger partial charge in [0.2, 0.25) is 0 Å². The summed E-state index contributed by atoms with van der Waals surface area (Å²) in [5.41, 5.74) is 4.21. The maximum absolute atomic E-state index is 10.1. The number of aryl methyl sites for hydroxylation is 2. The molecule has 24 heavy (non-hydrogen) atoms. The molecule has 2 rings (SSSR count). The van der Waals surface area contributed by atoms with Crippen molar-refractivity contribution in [3.8, 4) is 0 Å². The van der Waals surface area contributed by atoms with Crippen molar-refractivity contribution in [3.63, 3.8) is 0 Å². The molecular formula is C21H22O3. The summed E-state index contributed by atoms with van der Waals surface area (Å²) in [5.74, 6) is 0. The zero-order chi connectivity index (χ0) is 18.2. The van der Waals surface area contributed by atoms with Gasteiger partial charge in [0.05, 0.1) is 0 Å². The smallest absolute Gasteiger partial charge is 0.150 e. The molecule has 0 N–H and O–H groups in total. The highest BCUT2D eigenvalue weighted by molar-refractivity contribution is 5.74. The summed E-state index contributed by atoms with van der Waals surface area (Å²) in [6.07, 6.45) is 6.73. The van der Waals surface area contributed by atoms with Gasteiger partial charge in [0.15, 0.2) is 0 Å². The van der Waals surface area contributed by atoms with E-state index in [-0.39, 0.29) is 0 Å². The van der Waals surface area contributed by atoms with Crippen LogP contribution in [0.1, 0.15) is 27.0 Å². The molecule has 0 radical (unpaired) electrons. The van der Waals surface area contributed by atoms with Gasteiger partial charge >= 0.3 is 0 Å². The van der Waals surface area contributed by atoms with Crippen LogP contribution in [0.4, 0.5) is 0 Å². The van der Waals surface area contributed by atoms with Crippen molar-refractivity contribution >= 4 is 24.9 Å². The molecule has 0 unspecified atom stereocenters. The van der Waals surface area contributed by atoms with Gasteiger partial charge < -0.3 is 0 Å². The Balaban J connectivity index is 0.000000367. The first-order valence-electron chi connectivity index (χ1n) is 7.34. The standard InChI is InChI=1S/C10H10O.C8H8O.C3H4O/c1-9-4-6-10(7-5-9)3-2-8-11;1-7-2-4-8(6-9)5-3-7;1-2-3-4/h2-8H,1H3;2-6H,1H3;2-3H,1H2/b3-2+;;. The lowest BCUT2D eigenvalue weighted by atomic mass is 10.1. The average Bonchev–Trinajstić information content (AvgIpc) is 2.63. The number of carbonyl (C=O) groups excluding carboxylic acids is 3. The second kappa shape index (κ2) is 13.6. The van der Waals surface area contributed by atoms with Crippen molar-refractivity contribution in [3.05, 3.63) is 89.5 Å². The minimum Gasteiger partial charge on any atom is -0.299 e. The molecule has 3 heteroatoms. The van der Waals surface area contributed by atoms with Crippen LogP contribution >= 0.6 is 0 Å². The van der Waals surface area contributed by atoms with Gasteiger partial charge in [0.25, 0.3) is 0 Å². The molecular weight excluding hydrogens is 300 g/mol. The van der Waals surface area contributed by atoms with Crippen molar-refractivity contribution < 1.29 is 14.4 Å². The summed E-state index contributed by atoms with van der Waals surface area (Å²) in [5, 5.41) is 0. The fraction of sp³-hybridized carbons (Fsp3) is 0.0952. The lowest BCUT2D eigenvalue weighted by Gasteiger charge is -1.92. The highest BCUT2D eigenvalue weighted by Crippen LogP contribution is 2.04. The van der Waals surface area contributed by atoms with Gasteiger partial charge in [-0.3, -0.25) is 14.4 Å². The van der Waals surface area contributed by atoms with Gasteiger partial charge in [-0.15, -0.1) is 0 Å². The van der Waals surface area contributed by atoms with Crippen molar-refractivity contribution in [2.24, 2.45) is 0 Å². The number of hydrogen-bond acceptors (Lipinski definition) is 3. The molecule has 0 aliphatic carbocycles. The van der Waals surface area contributed by atoms with E-state index in [1.54, 1.807) is 6.08 Å². The number of hydrogen-bond donors (Lipinski definition) is 0. The molecule has 0 fully saturated rings. The second-order valence-electron chi connectivity index (χ2n) is 4.81. The first-order chi connectivity index (χ1) is 11.6. The van der Waals surface area contributed by atoms with Gasteiger partial charge in [-0.05, 0) is 31.6 Å². The summed E-state index contributed by atoms with van der Waals surface area (Å²) in [6.45, 7) is 7.14. The van der Waals surface area contributed by atoms with Crippen molar-refractivity contribution in [1.82, 2.24) is 0 Å². The Hall–Kier alpha value is -3.07. The van der Waals surface area contributed by atoms with Gasteiger partial charge in [-0.2, -0.15) is 0 Å². The lowest BCUT2D eigenvalue weighted by Crippen LogP contribution is -1.77. The molecule has 0 aliphatic heterocycles. The van der Waals surface area contributed by atoms with E-state index < -0.39 is 0 Å². The summed E-state index contributed by atoms with van der Waals surface area (Å²) >= 11 is 0. The van der Waals surface area contributed by atoms with E-state index in [1.165, 1.54) is 23.3 Å². The number of allylic oxidation sites excluding steroid dienone is 2. The van der Waals surface area contributed by atoms with Crippen LogP contribution < -0.4 is 0 Å². The van der Waals surface area contributed by atoms with Crippen molar-refractivity contribution in [1.29, 1.82) is 0 Å². The Kier molecular flexibility index (Phi) is 11.8. The normalized spacial score (nSPS) is 8.92. The van der Waals surface area contributed by atoms with Gasteiger partial charge in [0, 0.05) is 5.56 Å². The predicted molar refractivity (Wildman–Crippen MR) is 99.1 cm³/mol. The Morgan fingerprint density at radius 3 is 1.46 bits per heavy atom. The third kappa shape index (κ3) is 10.6. The molecule has 0 saturated heterocycles. The number of carbonyl (C=O) groups is 3. The fourth-order valence-corrected chi connectivity index (χ4v) is 1.47. The fourth-order valence-electron chi connectivity index (χ4n) is 1.47. The van der Waals surface area contributed by atoms with Crippen LogP contribution in [0.25, 0.3) is 6.08 Å². The van der Waals surface area contributed by atoms with E-state index in [0.717, 1.165) is 23.7 Å². The van der Waals surface area contributed by atoms with Crippen LogP contribution in [-0.4, -0.2) is 18.9 Å². The summed E-state index contributed by atoms with van der Waals surface area (Å²) < 4.78 is 0. The van der Waals surface area contributed by atoms with Crippen LogP contribution in [0.3, 0.4) is 0 Å². The first-order valence-corrected chi connectivity index (χ1v) is 7.34. The molecule has 0 aliphatic rings. The van der Waals surface area contributed by atoms with E-state index in [9.17, 15) is 9.59 Å². The zero-order valence-electron chi connectivity index (χ0n) is 14.0. The summed E-state index contributed by atoms with van der Waals surface area (Å²) in [7, 11) is 0. The Morgan fingerprint density at radius 1 is 0.708 bits per heavy atom. The molecule has 0 spiro atoms. The Labute approximate surface area is 143 Å². The van der Waals surface area contributed by atoms with Crippen LogP contribution in [0.5, 0.6) is 0 Å². The Bertz CT molecular complexity index is 644. The topological polar surface area (TPSA) is 51.2 Å². The summed E-state index contributed by atoms with van der Waals surface area (Å²) in [6, 6.07) is 15.5. The van der Waals surface area contributed by atoms with Gasteiger partial charge in [-0.1, -0.05) is 72.3 Å². The molecule has 2 aromatic carbocycles. The molecule has 2 aromatic rings. The first kappa shape index (κ1) is 20.9. The van der Waals surface area contributed by atoms with Crippen LogP contribution in [-0.2, 0) is 9.59 Å². The number of benzene rings is 2. The van der Waals surface area contributed by atoms with Crippen LogP contribution in [0, 0.1) is 13.8 Å². The maximum atomic E-state index is 10.1. The quantitative estimate of drug-likeness (QED) is 0.620. The third-order valence-corrected chi connectivity index (χ3v) is 2.75. The SMILES string of the molecule is C=CC=O.Cc1ccc(/C=C/C=O)cc1.Cc1ccc(C=O)cc1. The molecule has 0 atom stereocenters. The molecule has 3 nitrogen and oxygen atoms in total. The number of aldehydes is 3. The van der Waals surface area contributed by atoms with E-state index in [0.29, 0.717) is 6.29 Å². The van der Waals surface area contributed by atoms with E-state index in [2.05, 4.69) is 6.58 Å². The highest BCUT2D eigenvalue weighted by Gasteiger charge is 1.85. The molecule has 0 heterocycles. The maximum Gasteiger partial charge on any atom is 0.150 e. The minimum absolute atomic E-state index is 0.639. The largest absolute Gasteiger partial charge is 0.299 e. The highest BCUT2D eigenvalue weighted by atomic mass is 16.1. The lowest BCUT2D eigenvalue weighted by molar-refractivity contribution is -0.104. The third-order valence-electron chi connectivity index (χ3n) is 2.75. The van der Waals surface area contributed by atoms with Gasteiger partial charge in [0.1, 0.15) is 18.9 Å². The van der Waals surface area contributed by atoms with E-state index >= 15 is 0 Å². The molecule has 0 bridgehead atoms. The van der Waals surface area contributed by atoms with Crippen LogP contribution in [0.2, 0.25) is 0 Å². The van der Waals surface area contributed by atoms with Crippen molar-refractivity contribution in [2.75, 3.05) is 0 Å². The molecule has 124 valence electrons. The predicted octanol–water partition coefficient (Wildman–Crippen LogP) is 4.39. The zero-order valence-corrected chi connectivity index (χ0v) is 14.0.